The maximum atomic E-state index is 3.82. The number of anilines is 1. The Balaban J connectivity index is 1.40. The fourth-order valence-electron chi connectivity index (χ4n) is 4.89. The highest BCUT2D eigenvalue weighted by Gasteiger charge is 2.41. The number of hydrogen-bond donors (Lipinski definition) is 2. The molecule has 20 heavy (non-hydrogen) atoms. The molecule has 2 bridgehead atoms. The molecule has 2 aliphatic carbocycles. The largest absolute Gasteiger partial charge is 0.384 e. The number of fused-ring (bicyclic) bond motifs is 3. The van der Waals surface area contributed by atoms with Gasteiger partial charge in [0.1, 0.15) is 0 Å². The quantitative estimate of drug-likeness (QED) is 0.874. The normalized spacial score (nSPS) is 32.1. The average Bonchev–Trinajstić information content (AvgIpc) is 3.19. The first-order valence-electron chi connectivity index (χ1n) is 8.39. The number of para-hydroxylation sites is 1. The van der Waals surface area contributed by atoms with Gasteiger partial charge in [-0.3, -0.25) is 0 Å². The van der Waals surface area contributed by atoms with E-state index in [0.717, 1.165) is 30.8 Å². The molecule has 4 unspecified atom stereocenters. The molecule has 2 heteroatoms. The summed E-state index contributed by atoms with van der Waals surface area (Å²) in [5.41, 5.74) is 4.35. The molecule has 0 aromatic heterocycles. The Labute approximate surface area is 122 Å². The standard InChI is InChI=1S/C18H26N2/c1-12(17-10-13-5-6-15(17)9-13)20-11-16-4-2-3-14-7-8-19-18(14)16/h2-4,12-13,15,17,19-20H,5-11H2,1H3. The van der Waals surface area contributed by atoms with Crippen LogP contribution in [0.5, 0.6) is 0 Å². The molecule has 0 radical (unpaired) electrons. The van der Waals surface area contributed by atoms with Crippen LogP contribution in [0.2, 0.25) is 0 Å². The number of rotatable bonds is 4. The predicted molar refractivity (Wildman–Crippen MR) is 83.9 cm³/mol. The molecular weight excluding hydrogens is 244 g/mol. The van der Waals surface area contributed by atoms with E-state index >= 15 is 0 Å². The molecule has 2 saturated carbocycles. The van der Waals surface area contributed by atoms with Crippen LogP contribution in [0.3, 0.4) is 0 Å². The first-order valence-corrected chi connectivity index (χ1v) is 8.39. The van der Waals surface area contributed by atoms with Gasteiger partial charge in [0, 0.05) is 24.8 Å². The molecule has 2 fully saturated rings. The Hall–Kier alpha value is -1.02. The zero-order chi connectivity index (χ0) is 13.5. The maximum absolute atomic E-state index is 3.82. The minimum Gasteiger partial charge on any atom is -0.384 e. The lowest BCUT2D eigenvalue weighted by Gasteiger charge is -2.29. The Morgan fingerprint density at radius 3 is 3.05 bits per heavy atom. The average molecular weight is 270 g/mol. The number of hydrogen-bond acceptors (Lipinski definition) is 2. The molecule has 1 heterocycles. The Bertz CT molecular complexity index is 496. The third kappa shape index (κ3) is 2.14. The first kappa shape index (κ1) is 12.7. The van der Waals surface area contributed by atoms with Crippen molar-refractivity contribution in [2.75, 3.05) is 11.9 Å². The van der Waals surface area contributed by atoms with Crippen LogP contribution in [0.4, 0.5) is 5.69 Å². The number of benzene rings is 1. The van der Waals surface area contributed by atoms with Crippen molar-refractivity contribution < 1.29 is 0 Å². The minimum atomic E-state index is 0.669. The first-order chi connectivity index (χ1) is 9.81. The highest BCUT2D eigenvalue weighted by Crippen LogP contribution is 2.49. The van der Waals surface area contributed by atoms with Gasteiger partial charge in [0.25, 0.3) is 0 Å². The third-order valence-electron chi connectivity index (χ3n) is 5.98. The van der Waals surface area contributed by atoms with Crippen molar-refractivity contribution in [2.24, 2.45) is 17.8 Å². The van der Waals surface area contributed by atoms with Gasteiger partial charge >= 0.3 is 0 Å². The van der Waals surface area contributed by atoms with Crippen molar-refractivity contribution in [1.29, 1.82) is 0 Å². The lowest BCUT2D eigenvalue weighted by molar-refractivity contribution is 0.259. The maximum Gasteiger partial charge on any atom is 0.0419 e. The Kier molecular flexibility index (Phi) is 3.22. The molecule has 2 nitrogen and oxygen atoms in total. The lowest BCUT2D eigenvalue weighted by atomic mass is 9.84. The van der Waals surface area contributed by atoms with Crippen molar-refractivity contribution in [3.63, 3.8) is 0 Å². The summed E-state index contributed by atoms with van der Waals surface area (Å²) in [6.45, 7) is 4.53. The zero-order valence-electron chi connectivity index (χ0n) is 12.5. The predicted octanol–water partition coefficient (Wildman–Crippen LogP) is 3.57. The van der Waals surface area contributed by atoms with Crippen LogP contribution in [0.25, 0.3) is 0 Å². The van der Waals surface area contributed by atoms with Gasteiger partial charge in [-0.2, -0.15) is 0 Å². The summed E-state index contributed by atoms with van der Waals surface area (Å²) in [6, 6.07) is 7.42. The summed E-state index contributed by atoms with van der Waals surface area (Å²) < 4.78 is 0. The van der Waals surface area contributed by atoms with Crippen molar-refractivity contribution in [3.05, 3.63) is 29.3 Å². The molecule has 4 rings (SSSR count). The Morgan fingerprint density at radius 2 is 2.25 bits per heavy atom. The molecule has 108 valence electrons. The van der Waals surface area contributed by atoms with Gasteiger partial charge in [0.2, 0.25) is 0 Å². The molecule has 2 N–H and O–H groups in total. The second-order valence-corrected chi connectivity index (χ2v) is 7.14. The van der Waals surface area contributed by atoms with Gasteiger partial charge in [-0.1, -0.05) is 24.6 Å². The summed E-state index contributed by atoms with van der Waals surface area (Å²) in [5.74, 6) is 3.00. The zero-order valence-corrected chi connectivity index (χ0v) is 12.5. The van der Waals surface area contributed by atoms with E-state index in [1.54, 1.807) is 0 Å². The van der Waals surface area contributed by atoms with E-state index in [1.807, 2.05) is 0 Å². The van der Waals surface area contributed by atoms with E-state index in [0.29, 0.717) is 6.04 Å². The van der Waals surface area contributed by atoms with Crippen LogP contribution in [-0.4, -0.2) is 12.6 Å². The van der Waals surface area contributed by atoms with E-state index < -0.39 is 0 Å². The van der Waals surface area contributed by atoms with Gasteiger partial charge in [-0.25, -0.2) is 0 Å². The van der Waals surface area contributed by atoms with Crippen molar-refractivity contribution in [2.45, 2.75) is 51.6 Å². The third-order valence-corrected chi connectivity index (χ3v) is 5.98. The summed E-state index contributed by atoms with van der Waals surface area (Å²) in [7, 11) is 0. The van der Waals surface area contributed by atoms with Crippen LogP contribution in [0.1, 0.15) is 43.7 Å². The van der Waals surface area contributed by atoms with Gasteiger partial charge in [-0.05, 0) is 61.5 Å². The van der Waals surface area contributed by atoms with Gasteiger partial charge in [-0.15, -0.1) is 0 Å². The summed E-state index contributed by atoms with van der Waals surface area (Å²) in [6.07, 6.45) is 7.17. The van der Waals surface area contributed by atoms with E-state index in [4.69, 9.17) is 0 Å². The molecule has 3 aliphatic rings. The molecule has 1 aromatic rings. The van der Waals surface area contributed by atoms with E-state index in [1.165, 1.54) is 48.9 Å². The summed E-state index contributed by atoms with van der Waals surface area (Å²) in [4.78, 5) is 0. The minimum absolute atomic E-state index is 0.669. The highest BCUT2D eigenvalue weighted by atomic mass is 14.9. The molecule has 1 aromatic carbocycles. The monoisotopic (exact) mass is 270 g/mol. The Morgan fingerprint density at radius 1 is 1.30 bits per heavy atom. The van der Waals surface area contributed by atoms with Crippen LogP contribution in [0.15, 0.2) is 18.2 Å². The highest BCUT2D eigenvalue weighted by molar-refractivity contribution is 5.61. The van der Waals surface area contributed by atoms with Crippen LogP contribution in [-0.2, 0) is 13.0 Å². The molecule has 0 amide bonds. The molecule has 0 saturated heterocycles. The SMILES string of the molecule is CC(NCc1cccc2c1NCC2)C1CC2CCC1C2. The molecule has 0 spiro atoms. The van der Waals surface area contributed by atoms with Crippen LogP contribution < -0.4 is 10.6 Å². The smallest absolute Gasteiger partial charge is 0.0419 e. The van der Waals surface area contributed by atoms with Crippen LogP contribution >= 0.6 is 0 Å². The number of nitrogens with one attached hydrogen (secondary N) is 2. The second kappa shape index (κ2) is 5.07. The lowest BCUT2D eigenvalue weighted by Crippen LogP contribution is -2.36. The molecule has 1 aliphatic heterocycles. The molecular formula is C18H26N2. The fraction of sp³-hybridized carbons (Fsp3) is 0.667. The van der Waals surface area contributed by atoms with Gasteiger partial charge in [0.05, 0.1) is 0 Å². The van der Waals surface area contributed by atoms with Crippen molar-refractivity contribution >= 4 is 5.69 Å². The fourth-order valence-corrected chi connectivity index (χ4v) is 4.89. The van der Waals surface area contributed by atoms with Gasteiger partial charge in [0.15, 0.2) is 0 Å². The topological polar surface area (TPSA) is 24.1 Å². The second-order valence-electron chi connectivity index (χ2n) is 7.14. The molecule has 4 atom stereocenters. The van der Waals surface area contributed by atoms with Gasteiger partial charge < -0.3 is 10.6 Å². The van der Waals surface area contributed by atoms with E-state index in [2.05, 4.69) is 35.8 Å². The summed E-state index contributed by atoms with van der Waals surface area (Å²) in [5, 5.41) is 7.36. The van der Waals surface area contributed by atoms with Crippen molar-refractivity contribution in [1.82, 2.24) is 5.32 Å². The van der Waals surface area contributed by atoms with Crippen LogP contribution in [0, 0.1) is 17.8 Å². The van der Waals surface area contributed by atoms with E-state index in [9.17, 15) is 0 Å². The van der Waals surface area contributed by atoms with Crippen molar-refractivity contribution in [3.8, 4) is 0 Å². The van der Waals surface area contributed by atoms with E-state index in [-0.39, 0.29) is 0 Å². The summed E-state index contributed by atoms with van der Waals surface area (Å²) >= 11 is 0.